The number of benzene rings is 1. The van der Waals surface area contributed by atoms with Crippen LogP contribution in [0.2, 0.25) is 0 Å². The Hall–Kier alpha value is -0.800. The van der Waals surface area contributed by atoms with E-state index in [2.05, 4.69) is 46.9 Å². The molecule has 0 saturated heterocycles. The third-order valence-corrected chi connectivity index (χ3v) is 3.09. The van der Waals surface area contributed by atoms with E-state index in [4.69, 9.17) is 4.74 Å². The highest BCUT2D eigenvalue weighted by atomic mass is 79.9. The van der Waals surface area contributed by atoms with Crippen LogP contribution < -0.4 is 10.1 Å². The number of hydrogen-bond donors (Lipinski definition) is 1. The predicted molar refractivity (Wildman–Crippen MR) is 71.9 cm³/mol. The molecule has 0 aliphatic heterocycles. The summed E-state index contributed by atoms with van der Waals surface area (Å²) < 4.78 is 6.19. The molecule has 0 heterocycles. The van der Waals surface area contributed by atoms with Gasteiger partial charge in [0, 0.05) is 6.04 Å². The van der Waals surface area contributed by atoms with Crippen LogP contribution in [0, 0.1) is 0 Å². The molecule has 0 aliphatic rings. The minimum Gasteiger partial charge on any atom is -0.496 e. The van der Waals surface area contributed by atoms with Crippen molar-refractivity contribution >= 4 is 15.9 Å². The zero-order valence-corrected chi connectivity index (χ0v) is 11.4. The summed E-state index contributed by atoms with van der Waals surface area (Å²) in [7, 11) is 1.67. The molecule has 1 aromatic carbocycles. The molecule has 0 aromatic heterocycles. The topological polar surface area (TPSA) is 21.3 Å². The average molecular weight is 284 g/mol. The Balaban J connectivity index is 2.65. The molecule has 0 radical (unpaired) electrons. The molecule has 0 bridgehead atoms. The van der Waals surface area contributed by atoms with Gasteiger partial charge in [-0.2, -0.15) is 0 Å². The SMILES string of the molecule is C=CCCNC(C)c1ccc(OC)c(Br)c1. The highest BCUT2D eigenvalue weighted by Crippen LogP contribution is 2.27. The van der Waals surface area contributed by atoms with E-state index >= 15 is 0 Å². The van der Waals surface area contributed by atoms with Crippen LogP contribution >= 0.6 is 15.9 Å². The average Bonchev–Trinajstić information content (AvgIpc) is 2.29. The fourth-order valence-electron chi connectivity index (χ4n) is 1.47. The molecule has 88 valence electrons. The largest absolute Gasteiger partial charge is 0.496 e. The smallest absolute Gasteiger partial charge is 0.133 e. The first-order valence-corrected chi connectivity index (χ1v) is 6.16. The van der Waals surface area contributed by atoms with Crippen molar-refractivity contribution in [3.63, 3.8) is 0 Å². The second kappa shape index (κ2) is 6.71. The molecule has 16 heavy (non-hydrogen) atoms. The summed E-state index contributed by atoms with van der Waals surface area (Å²) in [6.07, 6.45) is 2.91. The van der Waals surface area contributed by atoms with Gasteiger partial charge in [0.25, 0.3) is 0 Å². The molecule has 0 aliphatic carbocycles. The van der Waals surface area contributed by atoms with Crippen LogP contribution in [0.3, 0.4) is 0 Å². The maximum Gasteiger partial charge on any atom is 0.133 e. The maximum atomic E-state index is 5.20. The molecule has 0 amide bonds. The third kappa shape index (κ3) is 3.65. The molecule has 2 nitrogen and oxygen atoms in total. The second-order valence-electron chi connectivity index (χ2n) is 3.65. The Bertz CT molecular complexity index is 352. The molecule has 1 aromatic rings. The van der Waals surface area contributed by atoms with Crippen LogP contribution in [0.25, 0.3) is 0 Å². The lowest BCUT2D eigenvalue weighted by atomic mass is 10.1. The lowest BCUT2D eigenvalue weighted by molar-refractivity contribution is 0.411. The van der Waals surface area contributed by atoms with Gasteiger partial charge in [0.1, 0.15) is 5.75 Å². The van der Waals surface area contributed by atoms with Crippen LogP contribution in [0.4, 0.5) is 0 Å². The summed E-state index contributed by atoms with van der Waals surface area (Å²) in [4.78, 5) is 0. The highest BCUT2D eigenvalue weighted by molar-refractivity contribution is 9.10. The molecular formula is C13H18BrNO. The fraction of sp³-hybridized carbons (Fsp3) is 0.385. The third-order valence-electron chi connectivity index (χ3n) is 2.47. The summed E-state index contributed by atoms with van der Waals surface area (Å²) >= 11 is 3.49. The molecule has 0 spiro atoms. The normalized spacial score (nSPS) is 12.2. The standard InChI is InChI=1S/C13H18BrNO/c1-4-5-8-15-10(2)11-6-7-13(16-3)12(14)9-11/h4,6-7,9-10,15H,1,5,8H2,2-3H3. The van der Waals surface area contributed by atoms with Crippen LogP contribution in [0.1, 0.15) is 24.9 Å². The van der Waals surface area contributed by atoms with Crippen molar-refractivity contribution in [2.24, 2.45) is 0 Å². The van der Waals surface area contributed by atoms with Gasteiger partial charge in [-0.05, 0) is 53.5 Å². The molecule has 3 heteroatoms. The lowest BCUT2D eigenvalue weighted by Crippen LogP contribution is -2.19. The van der Waals surface area contributed by atoms with Crippen molar-refractivity contribution in [2.75, 3.05) is 13.7 Å². The first-order chi connectivity index (χ1) is 7.69. The molecular weight excluding hydrogens is 266 g/mol. The number of methoxy groups -OCH3 is 1. The van der Waals surface area contributed by atoms with Crippen molar-refractivity contribution in [1.82, 2.24) is 5.32 Å². The Labute approximate surface area is 106 Å². The summed E-state index contributed by atoms with van der Waals surface area (Å²) in [5.74, 6) is 0.863. The Morgan fingerprint density at radius 2 is 2.31 bits per heavy atom. The van der Waals surface area contributed by atoms with Crippen molar-refractivity contribution in [3.8, 4) is 5.75 Å². The monoisotopic (exact) mass is 283 g/mol. The molecule has 0 fully saturated rings. The van der Waals surface area contributed by atoms with E-state index < -0.39 is 0 Å². The van der Waals surface area contributed by atoms with Gasteiger partial charge in [0.05, 0.1) is 11.6 Å². The number of nitrogens with one attached hydrogen (secondary N) is 1. The van der Waals surface area contributed by atoms with Gasteiger partial charge in [-0.25, -0.2) is 0 Å². The lowest BCUT2D eigenvalue weighted by Gasteiger charge is -2.15. The Morgan fingerprint density at radius 1 is 1.56 bits per heavy atom. The van der Waals surface area contributed by atoms with Gasteiger partial charge in [0.15, 0.2) is 0 Å². The summed E-state index contributed by atoms with van der Waals surface area (Å²) in [6.45, 7) is 6.81. The van der Waals surface area contributed by atoms with E-state index in [1.54, 1.807) is 7.11 Å². The second-order valence-corrected chi connectivity index (χ2v) is 4.50. The van der Waals surface area contributed by atoms with Gasteiger partial charge in [-0.1, -0.05) is 12.1 Å². The first-order valence-electron chi connectivity index (χ1n) is 5.36. The van der Waals surface area contributed by atoms with Crippen LogP contribution in [-0.2, 0) is 0 Å². The summed E-state index contributed by atoms with van der Waals surface area (Å²) in [5, 5.41) is 3.43. The van der Waals surface area contributed by atoms with E-state index in [1.165, 1.54) is 5.56 Å². The van der Waals surface area contributed by atoms with Crippen molar-refractivity contribution in [2.45, 2.75) is 19.4 Å². The number of halogens is 1. The molecule has 1 unspecified atom stereocenters. The van der Waals surface area contributed by atoms with Crippen molar-refractivity contribution in [1.29, 1.82) is 0 Å². The zero-order chi connectivity index (χ0) is 12.0. The molecule has 1 rings (SSSR count). The molecule has 1 atom stereocenters. The molecule has 0 saturated carbocycles. The van der Waals surface area contributed by atoms with Crippen molar-refractivity contribution < 1.29 is 4.74 Å². The van der Waals surface area contributed by atoms with Crippen LogP contribution in [0.5, 0.6) is 5.75 Å². The highest BCUT2D eigenvalue weighted by Gasteiger charge is 2.07. The summed E-state index contributed by atoms with van der Waals surface area (Å²) in [6, 6.07) is 6.48. The predicted octanol–water partition coefficient (Wildman–Crippen LogP) is 3.68. The number of hydrogen-bond acceptors (Lipinski definition) is 2. The van der Waals surface area contributed by atoms with Gasteiger partial charge in [0.2, 0.25) is 0 Å². The quantitative estimate of drug-likeness (QED) is 0.635. The minimum absolute atomic E-state index is 0.335. The first kappa shape index (κ1) is 13.3. The van der Waals surface area contributed by atoms with E-state index in [1.807, 2.05) is 12.1 Å². The van der Waals surface area contributed by atoms with Gasteiger partial charge in [-0.3, -0.25) is 0 Å². The van der Waals surface area contributed by atoms with Crippen molar-refractivity contribution in [3.05, 3.63) is 40.9 Å². The van der Waals surface area contributed by atoms with Crippen LogP contribution in [-0.4, -0.2) is 13.7 Å². The zero-order valence-electron chi connectivity index (χ0n) is 9.79. The van der Waals surface area contributed by atoms with E-state index in [-0.39, 0.29) is 0 Å². The van der Waals surface area contributed by atoms with E-state index in [0.717, 1.165) is 23.2 Å². The minimum atomic E-state index is 0.335. The fourth-order valence-corrected chi connectivity index (χ4v) is 2.03. The maximum absolute atomic E-state index is 5.20. The number of ether oxygens (including phenoxy) is 1. The van der Waals surface area contributed by atoms with Gasteiger partial charge >= 0.3 is 0 Å². The Kier molecular flexibility index (Phi) is 5.56. The van der Waals surface area contributed by atoms with Gasteiger partial charge in [-0.15, -0.1) is 6.58 Å². The van der Waals surface area contributed by atoms with E-state index in [0.29, 0.717) is 6.04 Å². The Morgan fingerprint density at radius 3 is 2.88 bits per heavy atom. The van der Waals surface area contributed by atoms with E-state index in [9.17, 15) is 0 Å². The molecule has 1 N–H and O–H groups in total. The van der Waals surface area contributed by atoms with Crippen LogP contribution in [0.15, 0.2) is 35.3 Å². The number of rotatable bonds is 6. The summed E-state index contributed by atoms with van der Waals surface area (Å²) in [5.41, 5.74) is 1.25. The van der Waals surface area contributed by atoms with Gasteiger partial charge < -0.3 is 10.1 Å².